The van der Waals surface area contributed by atoms with E-state index in [2.05, 4.69) is 39.9 Å². The van der Waals surface area contributed by atoms with Crippen LogP contribution in [0.25, 0.3) is 0 Å². The summed E-state index contributed by atoms with van der Waals surface area (Å²) in [5.41, 5.74) is 0. The molecule has 3 nitrogen and oxygen atoms in total. The van der Waals surface area contributed by atoms with Crippen LogP contribution >= 0.6 is 0 Å². The van der Waals surface area contributed by atoms with Gasteiger partial charge in [0, 0.05) is 6.54 Å². The van der Waals surface area contributed by atoms with Crippen molar-refractivity contribution in [3.63, 3.8) is 0 Å². The lowest BCUT2D eigenvalue weighted by molar-refractivity contribution is -0.0474. The van der Waals surface area contributed by atoms with Crippen molar-refractivity contribution in [2.45, 2.75) is 65.8 Å². The molecule has 0 aliphatic carbocycles. The molecule has 18 heavy (non-hydrogen) atoms. The van der Waals surface area contributed by atoms with Gasteiger partial charge in [0.2, 0.25) is 0 Å². The van der Waals surface area contributed by atoms with Crippen LogP contribution in [0.1, 0.15) is 47.5 Å². The number of ether oxygens (including phenoxy) is 2. The molecule has 1 aliphatic heterocycles. The molecule has 1 rings (SSSR count). The fraction of sp³-hybridized carbons (Fsp3) is 1.00. The lowest BCUT2D eigenvalue weighted by Gasteiger charge is -2.20. The first kappa shape index (κ1) is 15.9. The predicted octanol–water partition coefficient (Wildman–Crippen LogP) is 2.84. The maximum absolute atomic E-state index is 5.99. The minimum atomic E-state index is 0.303. The molecule has 0 amide bonds. The summed E-state index contributed by atoms with van der Waals surface area (Å²) in [4.78, 5) is 0. The third-order valence-corrected chi connectivity index (χ3v) is 3.60. The van der Waals surface area contributed by atoms with Crippen molar-refractivity contribution < 1.29 is 9.47 Å². The molecule has 0 radical (unpaired) electrons. The molecule has 108 valence electrons. The van der Waals surface area contributed by atoms with Gasteiger partial charge in [-0.15, -0.1) is 0 Å². The third kappa shape index (κ3) is 6.17. The van der Waals surface area contributed by atoms with Crippen LogP contribution in [0.2, 0.25) is 0 Å². The molecule has 1 aliphatic rings. The summed E-state index contributed by atoms with van der Waals surface area (Å²) in [7, 11) is 0. The highest BCUT2D eigenvalue weighted by Crippen LogP contribution is 2.20. The molecule has 0 aromatic heterocycles. The Hall–Kier alpha value is -0.120. The molecule has 1 N–H and O–H groups in total. The van der Waals surface area contributed by atoms with Gasteiger partial charge in [-0.05, 0) is 38.1 Å². The highest BCUT2D eigenvalue weighted by Gasteiger charge is 2.25. The Labute approximate surface area is 113 Å². The van der Waals surface area contributed by atoms with Gasteiger partial charge in [-0.25, -0.2) is 0 Å². The van der Waals surface area contributed by atoms with E-state index >= 15 is 0 Å². The fourth-order valence-corrected chi connectivity index (χ4v) is 2.04. The Kier molecular flexibility index (Phi) is 7.20. The average Bonchev–Trinajstić information content (AvgIpc) is 2.73. The van der Waals surface area contributed by atoms with Crippen LogP contribution in [-0.2, 0) is 9.47 Å². The molecule has 0 aromatic rings. The predicted molar refractivity (Wildman–Crippen MR) is 75.9 cm³/mol. The molecule has 3 heteroatoms. The lowest BCUT2D eigenvalue weighted by Crippen LogP contribution is -2.30. The van der Waals surface area contributed by atoms with E-state index in [1.165, 1.54) is 0 Å². The minimum Gasteiger partial charge on any atom is -0.376 e. The van der Waals surface area contributed by atoms with Crippen molar-refractivity contribution in [1.82, 2.24) is 5.32 Å². The van der Waals surface area contributed by atoms with E-state index in [0.29, 0.717) is 30.1 Å². The number of nitrogens with one attached hydrogen (secondary N) is 1. The van der Waals surface area contributed by atoms with E-state index in [4.69, 9.17) is 9.47 Å². The van der Waals surface area contributed by atoms with E-state index in [9.17, 15) is 0 Å². The normalized spacial score (nSPS) is 26.2. The summed E-state index contributed by atoms with van der Waals surface area (Å²) < 4.78 is 11.8. The molecule has 0 aromatic carbocycles. The van der Waals surface area contributed by atoms with E-state index in [0.717, 1.165) is 32.5 Å². The van der Waals surface area contributed by atoms with Crippen molar-refractivity contribution in [3.05, 3.63) is 0 Å². The van der Waals surface area contributed by atoms with Gasteiger partial charge in [-0.2, -0.15) is 0 Å². The molecular formula is C15H31NO2. The third-order valence-electron chi connectivity index (χ3n) is 3.60. The zero-order valence-corrected chi connectivity index (χ0v) is 12.7. The van der Waals surface area contributed by atoms with Gasteiger partial charge in [0.15, 0.2) is 0 Å². The summed E-state index contributed by atoms with van der Waals surface area (Å²) in [5.74, 6) is 1.28. The van der Waals surface area contributed by atoms with E-state index in [1.807, 2.05) is 0 Å². The zero-order chi connectivity index (χ0) is 13.5. The Morgan fingerprint density at radius 1 is 1.11 bits per heavy atom. The quantitative estimate of drug-likeness (QED) is 0.725. The molecule has 1 fully saturated rings. The SMILES string of the molecule is CC(C)CNCC1CCC(COC(C)C(C)C)O1. The summed E-state index contributed by atoms with van der Waals surface area (Å²) in [6.45, 7) is 13.8. The summed E-state index contributed by atoms with van der Waals surface area (Å²) >= 11 is 0. The van der Waals surface area contributed by atoms with E-state index in [1.54, 1.807) is 0 Å². The van der Waals surface area contributed by atoms with Gasteiger partial charge in [-0.3, -0.25) is 0 Å². The largest absolute Gasteiger partial charge is 0.376 e. The topological polar surface area (TPSA) is 30.5 Å². The van der Waals surface area contributed by atoms with Crippen molar-refractivity contribution in [2.75, 3.05) is 19.7 Å². The van der Waals surface area contributed by atoms with Crippen molar-refractivity contribution in [3.8, 4) is 0 Å². The maximum Gasteiger partial charge on any atom is 0.0814 e. The molecule has 1 heterocycles. The molecule has 0 saturated carbocycles. The first-order valence-corrected chi connectivity index (χ1v) is 7.46. The maximum atomic E-state index is 5.99. The Morgan fingerprint density at radius 2 is 1.78 bits per heavy atom. The molecule has 0 bridgehead atoms. The van der Waals surface area contributed by atoms with Crippen molar-refractivity contribution >= 4 is 0 Å². The van der Waals surface area contributed by atoms with Crippen LogP contribution in [0.15, 0.2) is 0 Å². The van der Waals surface area contributed by atoms with Gasteiger partial charge in [0.1, 0.15) is 0 Å². The first-order chi connectivity index (χ1) is 8.49. The van der Waals surface area contributed by atoms with Crippen LogP contribution in [0.4, 0.5) is 0 Å². The van der Waals surface area contributed by atoms with Crippen LogP contribution < -0.4 is 5.32 Å². The molecular weight excluding hydrogens is 226 g/mol. The zero-order valence-electron chi connectivity index (χ0n) is 12.7. The van der Waals surface area contributed by atoms with Crippen molar-refractivity contribution in [2.24, 2.45) is 11.8 Å². The number of rotatable bonds is 8. The smallest absolute Gasteiger partial charge is 0.0814 e. The molecule has 0 spiro atoms. The van der Waals surface area contributed by atoms with Crippen LogP contribution in [0.3, 0.4) is 0 Å². The number of hydrogen-bond acceptors (Lipinski definition) is 3. The second kappa shape index (κ2) is 8.13. The Bertz CT molecular complexity index is 219. The van der Waals surface area contributed by atoms with Gasteiger partial charge in [-0.1, -0.05) is 27.7 Å². The standard InChI is InChI=1S/C15H31NO2/c1-11(2)8-16-9-14-6-7-15(18-14)10-17-13(5)12(3)4/h11-16H,6-10H2,1-5H3. The number of hydrogen-bond donors (Lipinski definition) is 1. The van der Waals surface area contributed by atoms with Crippen molar-refractivity contribution in [1.29, 1.82) is 0 Å². The first-order valence-electron chi connectivity index (χ1n) is 7.46. The monoisotopic (exact) mass is 257 g/mol. The second-order valence-corrected chi connectivity index (χ2v) is 6.29. The van der Waals surface area contributed by atoms with Crippen LogP contribution in [-0.4, -0.2) is 38.0 Å². The Balaban J connectivity index is 2.09. The van der Waals surface area contributed by atoms with Gasteiger partial charge >= 0.3 is 0 Å². The molecule has 3 atom stereocenters. The van der Waals surface area contributed by atoms with E-state index < -0.39 is 0 Å². The van der Waals surface area contributed by atoms with Gasteiger partial charge < -0.3 is 14.8 Å². The highest BCUT2D eigenvalue weighted by atomic mass is 16.5. The molecule has 1 saturated heterocycles. The van der Waals surface area contributed by atoms with Crippen LogP contribution in [0, 0.1) is 11.8 Å². The Morgan fingerprint density at radius 3 is 2.39 bits per heavy atom. The second-order valence-electron chi connectivity index (χ2n) is 6.29. The van der Waals surface area contributed by atoms with E-state index in [-0.39, 0.29) is 0 Å². The average molecular weight is 257 g/mol. The summed E-state index contributed by atoms with van der Waals surface area (Å²) in [6, 6.07) is 0. The summed E-state index contributed by atoms with van der Waals surface area (Å²) in [5, 5.41) is 3.46. The van der Waals surface area contributed by atoms with Gasteiger partial charge in [0.05, 0.1) is 24.9 Å². The fourth-order valence-electron chi connectivity index (χ4n) is 2.04. The van der Waals surface area contributed by atoms with Crippen LogP contribution in [0.5, 0.6) is 0 Å². The van der Waals surface area contributed by atoms with Gasteiger partial charge in [0.25, 0.3) is 0 Å². The highest BCUT2D eigenvalue weighted by molar-refractivity contribution is 4.75. The lowest BCUT2D eigenvalue weighted by atomic mass is 10.1. The summed E-state index contributed by atoms with van der Waals surface area (Å²) in [6.07, 6.45) is 3.31. The minimum absolute atomic E-state index is 0.303. The molecule has 3 unspecified atom stereocenters.